The predicted octanol–water partition coefficient (Wildman–Crippen LogP) is 2.13. The number of aromatic hydroxyl groups is 1. The molecule has 2 heterocycles. The van der Waals surface area contributed by atoms with E-state index in [9.17, 15) is 5.11 Å². The summed E-state index contributed by atoms with van der Waals surface area (Å²) < 4.78 is 0. The van der Waals surface area contributed by atoms with Crippen LogP contribution in [-0.4, -0.2) is 35.1 Å². The molecule has 0 amide bonds. The fourth-order valence-corrected chi connectivity index (χ4v) is 3.25. The molecule has 1 aromatic heterocycles. The highest BCUT2D eigenvalue weighted by atomic mass is 16.3. The van der Waals surface area contributed by atoms with Gasteiger partial charge in [-0.3, -0.25) is 4.90 Å². The molecule has 1 aliphatic heterocycles. The Bertz CT molecular complexity index is 605. The van der Waals surface area contributed by atoms with Gasteiger partial charge in [0.1, 0.15) is 5.75 Å². The number of aromatic amines is 1. The number of nitrogens with one attached hydrogen (secondary N) is 1. The molecule has 2 unspecified atom stereocenters. The zero-order valence-electron chi connectivity index (χ0n) is 11.5. The van der Waals surface area contributed by atoms with Crippen LogP contribution in [-0.2, 0) is 0 Å². The van der Waals surface area contributed by atoms with Crippen molar-refractivity contribution < 1.29 is 5.11 Å². The summed E-state index contributed by atoms with van der Waals surface area (Å²) >= 11 is 0. The molecule has 4 heteroatoms. The van der Waals surface area contributed by atoms with Crippen LogP contribution < -0.4 is 5.73 Å². The van der Waals surface area contributed by atoms with Crippen LogP contribution in [0.15, 0.2) is 18.2 Å². The summed E-state index contributed by atoms with van der Waals surface area (Å²) in [4.78, 5) is 5.54. The highest BCUT2D eigenvalue weighted by Gasteiger charge is 2.31. The Kier molecular flexibility index (Phi) is 2.99. The molecule has 19 heavy (non-hydrogen) atoms. The molecule has 3 rings (SSSR count). The zero-order valence-corrected chi connectivity index (χ0v) is 11.5. The number of hydrogen-bond donors (Lipinski definition) is 3. The van der Waals surface area contributed by atoms with Gasteiger partial charge >= 0.3 is 0 Å². The van der Waals surface area contributed by atoms with Crippen LogP contribution in [0.25, 0.3) is 10.9 Å². The summed E-state index contributed by atoms with van der Waals surface area (Å²) in [6.07, 6.45) is 1.02. The first-order valence-electron chi connectivity index (χ1n) is 6.81. The average molecular weight is 259 g/mol. The SMILES string of the molecule is Cc1cc2c(O)c(C3CC(CN)CN3C)ccc2[nH]1. The Morgan fingerprint density at radius 1 is 1.47 bits per heavy atom. The van der Waals surface area contributed by atoms with E-state index >= 15 is 0 Å². The second-order valence-corrected chi connectivity index (χ2v) is 5.71. The molecule has 1 fully saturated rings. The number of H-pyrrole nitrogens is 1. The minimum absolute atomic E-state index is 0.271. The number of hydrogen-bond acceptors (Lipinski definition) is 3. The number of aryl methyl sites for hydroxylation is 1. The normalized spacial score (nSPS) is 24.4. The number of fused-ring (bicyclic) bond motifs is 1. The molecule has 0 radical (unpaired) electrons. The number of nitrogens with zero attached hydrogens (tertiary/aromatic N) is 1. The van der Waals surface area contributed by atoms with Crippen LogP contribution in [0, 0.1) is 12.8 Å². The van der Waals surface area contributed by atoms with Crippen molar-refractivity contribution in [3.8, 4) is 5.75 Å². The monoisotopic (exact) mass is 259 g/mol. The van der Waals surface area contributed by atoms with Crippen LogP contribution in [0.2, 0.25) is 0 Å². The Morgan fingerprint density at radius 3 is 2.95 bits per heavy atom. The van der Waals surface area contributed by atoms with Crippen molar-refractivity contribution in [2.75, 3.05) is 20.1 Å². The zero-order chi connectivity index (χ0) is 13.6. The average Bonchev–Trinajstić information content (AvgIpc) is 2.93. The second kappa shape index (κ2) is 4.54. The van der Waals surface area contributed by atoms with Crippen LogP contribution >= 0.6 is 0 Å². The van der Waals surface area contributed by atoms with E-state index in [2.05, 4.69) is 23.0 Å². The van der Waals surface area contributed by atoms with E-state index in [-0.39, 0.29) is 6.04 Å². The largest absolute Gasteiger partial charge is 0.507 e. The van der Waals surface area contributed by atoms with Crippen LogP contribution in [0.3, 0.4) is 0 Å². The van der Waals surface area contributed by atoms with Gasteiger partial charge in [0.05, 0.1) is 0 Å². The van der Waals surface area contributed by atoms with E-state index in [4.69, 9.17) is 5.73 Å². The molecule has 4 nitrogen and oxygen atoms in total. The minimum atomic E-state index is 0.271. The van der Waals surface area contributed by atoms with Crippen molar-refractivity contribution in [1.29, 1.82) is 0 Å². The van der Waals surface area contributed by atoms with E-state index in [0.717, 1.165) is 35.1 Å². The number of aromatic nitrogens is 1. The summed E-state index contributed by atoms with van der Waals surface area (Å²) in [6, 6.07) is 6.37. The van der Waals surface area contributed by atoms with Crippen molar-refractivity contribution in [2.24, 2.45) is 11.7 Å². The van der Waals surface area contributed by atoms with Gasteiger partial charge in [0, 0.05) is 34.7 Å². The molecule has 0 aliphatic carbocycles. The second-order valence-electron chi connectivity index (χ2n) is 5.71. The maximum atomic E-state index is 10.5. The lowest BCUT2D eigenvalue weighted by Gasteiger charge is -2.20. The number of likely N-dealkylation sites (tertiary alicyclic amines) is 1. The van der Waals surface area contributed by atoms with Crippen LogP contribution in [0.1, 0.15) is 23.7 Å². The molecule has 102 valence electrons. The van der Waals surface area contributed by atoms with Crippen molar-refractivity contribution in [3.63, 3.8) is 0 Å². The third-order valence-corrected chi connectivity index (χ3v) is 4.27. The van der Waals surface area contributed by atoms with Gasteiger partial charge < -0.3 is 15.8 Å². The van der Waals surface area contributed by atoms with E-state index in [1.54, 1.807) is 0 Å². The summed E-state index contributed by atoms with van der Waals surface area (Å²) in [6.45, 7) is 3.73. The third-order valence-electron chi connectivity index (χ3n) is 4.27. The van der Waals surface area contributed by atoms with Crippen LogP contribution in [0.4, 0.5) is 0 Å². The van der Waals surface area contributed by atoms with E-state index in [0.29, 0.717) is 18.2 Å². The number of phenols is 1. The van der Waals surface area contributed by atoms with Gasteiger partial charge in [0.15, 0.2) is 0 Å². The Labute approximate surface area is 113 Å². The van der Waals surface area contributed by atoms with Crippen molar-refractivity contribution in [3.05, 3.63) is 29.5 Å². The van der Waals surface area contributed by atoms with Crippen molar-refractivity contribution >= 4 is 10.9 Å². The Hall–Kier alpha value is -1.52. The van der Waals surface area contributed by atoms with E-state index in [1.807, 2.05) is 19.1 Å². The highest BCUT2D eigenvalue weighted by Crippen LogP contribution is 2.40. The molecule has 2 aromatic rings. The Balaban J connectivity index is 2.03. The summed E-state index contributed by atoms with van der Waals surface area (Å²) in [5.74, 6) is 0.939. The lowest BCUT2D eigenvalue weighted by atomic mass is 9.98. The molecule has 1 aromatic carbocycles. The summed E-state index contributed by atoms with van der Waals surface area (Å²) in [7, 11) is 2.10. The van der Waals surface area contributed by atoms with Gasteiger partial charge in [-0.15, -0.1) is 0 Å². The first-order chi connectivity index (χ1) is 9.10. The summed E-state index contributed by atoms with van der Waals surface area (Å²) in [5, 5.41) is 11.4. The topological polar surface area (TPSA) is 65.3 Å². The van der Waals surface area contributed by atoms with Gasteiger partial charge in [0.25, 0.3) is 0 Å². The molecule has 2 atom stereocenters. The first-order valence-corrected chi connectivity index (χ1v) is 6.81. The number of nitrogens with two attached hydrogens (primary N) is 1. The summed E-state index contributed by atoms with van der Waals surface area (Å²) in [5.41, 5.74) is 8.86. The number of phenolic OH excluding ortho intramolecular Hbond substituents is 1. The van der Waals surface area contributed by atoms with Gasteiger partial charge in [-0.1, -0.05) is 6.07 Å². The molecule has 1 saturated heterocycles. The molecular weight excluding hydrogens is 238 g/mol. The molecule has 1 aliphatic rings. The molecule has 0 bridgehead atoms. The smallest absolute Gasteiger partial charge is 0.129 e. The molecule has 0 spiro atoms. The van der Waals surface area contributed by atoms with Gasteiger partial charge in [0.2, 0.25) is 0 Å². The molecule has 0 saturated carbocycles. The van der Waals surface area contributed by atoms with Gasteiger partial charge in [-0.25, -0.2) is 0 Å². The van der Waals surface area contributed by atoms with Gasteiger partial charge in [-0.05, 0) is 45.0 Å². The minimum Gasteiger partial charge on any atom is -0.507 e. The molecule has 4 N–H and O–H groups in total. The lowest BCUT2D eigenvalue weighted by molar-refractivity contribution is 0.306. The van der Waals surface area contributed by atoms with E-state index < -0.39 is 0 Å². The maximum absolute atomic E-state index is 10.5. The fourth-order valence-electron chi connectivity index (χ4n) is 3.25. The lowest BCUT2D eigenvalue weighted by Crippen LogP contribution is -2.20. The third kappa shape index (κ3) is 2.01. The maximum Gasteiger partial charge on any atom is 0.129 e. The predicted molar refractivity (Wildman–Crippen MR) is 77.2 cm³/mol. The van der Waals surface area contributed by atoms with Crippen LogP contribution in [0.5, 0.6) is 5.75 Å². The number of benzene rings is 1. The fraction of sp³-hybridized carbons (Fsp3) is 0.467. The number of rotatable bonds is 2. The highest BCUT2D eigenvalue weighted by molar-refractivity contribution is 5.87. The van der Waals surface area contributed by atoms with Gasteiger partial charge in [-0.2, -0.15) is 0 Å². The Morgan fingerprint density at radius 2 is 2.26 bits per heavy atom. The van der Waals surface area contributed by atoms with Crippen molar-refractivity contribution in [1.82, 2.24) is 9.88 Å². The van der Waals surface area contributed by atoms with E-state index in [1.165, 1.54) is 0 Å². The standard InChI is InChI=1S/C15H21N3O/c1-9-5-12-13(17-9)4-3-11(15(12)19)14-6-10(7-16)8-18(14)2/h3-5,10,14,17,19H,6-8,16H2,1-2H3. The molecular formula is C15H21N3O. The first kappa shape index (κ1) is 12.5. The van der Waals surface area contributed by atoms with Crippen molar-refractivity contribution in [2.45, 2.75) is 19.4 Å². The quantitative estimate of drug-likeness (QED) is 0.774.